The summed E-state index contributed by atoms with van der Waals surface area (Å²) in [6.45, 7) is 1.90. The Balaban J connectivity index is 1.46. The van der Waals surface area contributed by atoms with E-state index in [2.05, 4.69) is 46.4 Å². The van der Waals surface area contributed by atoms with Gasteiger partial charge in [0.2, 0.25) is 0 Å². The van der Waals surface area contributed by atoms with Gasteiger partial charge in [-0.25, -0.2) is 15.0 Å². The molecule has 2 aromatic heterocycles. The van der Waals surface area contributed by atoms with Crippen molar-refractivity contribution in [3.8, 4) is 33.9 Å². The third kappa shape index (κ3) is 3.22. The molecule has 0 aliphatic carbocycles. The van der Waals surface area contributed by atoms with Gasteiger partial charge in [0.05, 0.1) is 0 Å². The molecule has 0 aliphatic rings. The van der Waals surface area contributed by atoms with Crippen LogP contribution >= 0.6 is 0 Å². The molecule has 4 aromatic carbocycles. The van der Waals surface area contributed by atoms with E-state index in [0.29, 0.717) is 17.5 Å². The summed E-state index contributed by atoms with van der Waals surface area (Å²) in [5, 5.41) is 2.15. The van der Waals surface area contributed by atoms with E-state index in [1.807, 2.05) is 67.6 Å². The largest absolute Gasteiger partial charge is 0.456 e. The van der Waals surface area contributed by atoms with Crippen molar-refractivity contribution in [3.63, 3.8) is 0 Å². The molecule has 0 radical (unpaired) electrons. The molecule has 32 heavy (non-hydrogen) atoms. The topological polar surface area (TPSA) is 51.8 Å². The molecule has 0 atom stereocenters. The second-order valence-electron chi connectivity index (χ2n) is 7.79. The summed E-state index contributed by atoms with van der Waals surface area (Å²) in [6, 6.07) is 32.8. The van der Waals surface area contributed by atoms with Crippen LogP contribution in [0.4, 0.5) is 0 Å². The van der Waals surface area contributed by atoms with E-state index in [9.17, 15) is 0 Å². The van der Waals surface area contributed by atoms with Gasteiger partial charge < -0.3 is 4.42 Å². The van der Waals surface area contributed by atoms with Gasteiger partial charge in [0.15, 0.2) is 11.6 Å². The maximum atomic E-state index is 5.96. The maximum absolute atomic E-state index is 5.96. The molecule has 4 heteroatoms. The number of para-hydroxylation sites is 1. The number of fused-ring (bicyclic) bond motifs is 3. The van der Waals surface area contributed by atoms with Crippen molar-refractivity contribution in [2.45, 2.75) is 6.92 Å². The highest BCUT2D eigenvalue weighted by atomic mass is 16.3. The van der Waals surface area contributed by atoms with Crippen molar-refractivity contribution in [2.24, 2.45) is 0 Å². The quantitative estimate of drug-likeness (QED) is 0.311. The van der Waals surface area contributed by atoms with Gasteiger partial charge in [0.1, 0.15) is 17.0 Å². The van der Waals surface area contributed by atoms with E-state index < -0.39 is 0 Å². The van der Waals surface area contributed by atoms with Crippen LogP contribution in [0.15, 0.2) is 101 Å². The fourth-order valence-corrected chi connectivity index (χ4v) is 4.07. The van der Waals surface area contributed by atoms with E-state index in [4.69, 9.17) is 9.40 Å². The van der Waals surface area contributed by atoms with Crippen LogP contribution in [0.25, 0.3) is 55.8 Å². The molecular formula is C28H19N3O. The molecule has 6 aromatic rings. The van der Waals surface area contributed by atoms with Crippen LogP contribution in [-0.4, -0.2) is 15.0 Å². The van der Waals surface area contributed by atoms with Gasteiger partial charge in [-0.3, -0.25) is 0 Å². The SMILES string of the molecule is Cc1nc(-c2cccc(-c3ccccc3)c2)nc(-c2ccc3oc4ccccc4c3c2)n1. The van der Waals surface area contributed by atoms with Crippen molar-refractivity contribution in [2.75, 3.05) is 0 Å². The van der Waals surface area contributed by atoms with E-state index in [1.165, 1.54) is 0 Å². The lowest BCUT2D eigenvalue weighted by Crippen LogP contribution is -1.99. The van der Waals surface area contributed by atoms with Gasteiger partial charge in [-0.1, -0.05) is 66.7 Å². The summed E-state index contributed by atoms with van der Waals surface area (Å²) < 4.78 is 5.96. The van der Waals surface area contributed by atoms with Crippen molar-refractivity contribution in [1.82, 2.24) is 15.0 Å². The second kappa shape index (κ2) is 7.43. The van der Waals surface area contributed by atoms with Gasteiger partial charge in [-0.2, -0.15) is 0 Å². The molecule has 0 fully saturated rings. The fraction of sp³-hybridized carbons (Fsp3) is 0.0357. The van der Waals surface area contributed by atoms with E-state index in [-0.39, 0.29) is 0 Å². The minimum Gasteiger partial charge on any atom is -0.456 e. The van der Waals surface area contributed by atoms with Crippen molar-refractivity contribution in [3.05, 3.63) is 103 Å². The molecule has 6 rings (SSSR count). The second-order valence-corrected chi connectivity index (χ2v) is 7.79. The Morgan fingerprint density at radius 3 is 2.00 bits per heavy atom. The zero-order chi connectivity index (χ0) is 21.5. The third-order valence-corrected chi connectivity index (χ3v) is 5.61. The summed E-state index contributed by atoms with van der Waals surface area (Å²) in [5.74, 6) is 2.01. The Morgan fingerprint density at radius 2 is 1.16 bits per heavy atom. The Labute approximate surface area is 185 Å². The lowest BCUT2D eigenvalue weighted by atomic mass is 10.0. The normalized spacial score (nSPS) is 11.3. The molecule has 0 spiro atoms. The third-order valence-electron chi connectivity index (χ3n) is 5.61. The summed E-state index contributed by atoms with van der Waals surface area (Å²) in [4.78, 5) is 14.1. The van der Waals surface area contributed by atoms with Gasteiger partial charge in [-0.15, -0.1) is 0 Å². The van der Waals surface area contributed by atoms with Gasteiger partial charge in [0.25, 0.3) is 0 Å². The summed E-state index contributed by atoms with van der Waals surface area (Å²) in [5.41, 5.74) is 5.94. The minimum absolute atomic E-state index is 0.657. The summed E-state index contributed by atoms with van der Waals surface area (Å²) >= 11 is 0. The molecule has 4 nitrogen and oxygen atoms in total. The van der Waals surface area contributed by atoms with E-state index in [1.54, 1.807) is 0 Å². The Bertz CT molecular complexity index is 1590. The Kier molecular flexibility index (Phi) is 4.29. The number of hydrogen-bond donors (Lipinski definition) is 0. The smallest absolute Gasteiger partial charge is 0.163 e. The highest BCUT2D eigenvalue weighted by molar-refractivity contribution is 6.06. The maximum Gasteiger partial charge on any atom is 0.163 e. The van der Waals surface area contributed by atoms with Crippen molar-refractivity contribution in [1.29, 1.82) is 0 Å². The summed E-state index contributed by atoms with van der Waals surface area (Å²) in [6.07, 6.45) is 0. The minimum atomic E-state index is 0.657. The number of furan rings is 1. The molecule has 0 amide bonds. The number of aryl methyl sites for hydroxylation is 1. The highest BCUT2D eigenvalue weighted by Crippen LogP contribution is 2.32. The van der Waals surface area contributed by atoms with E-state index >= 15 is 0 Å². The molecular weight excluding hydrogens is 394 g/mol. The Morgan fingerprint density at radius 1 is 0.500 bits per heavy atom. The Hall–Kier alpha value is -4.31. The highest BCUT2D eigenvalue weighted by Gasteiger charge is 2.12. The van der Waals surface area contributed by atoms with Crippen LogP contribution in [0.3, 0.4) is 0 Å². The molecule has 0 unspecified atom stereocenters. The molecule has 0 aliphatic heterocycles. The number of rotatable bonds is 3. The van der Waals surface area contributed by atoms with Gasteiger partial charge in [0, 0.05) is 21.9 Å². The molecule has 0 saturated carbocycles. The monoisotopic (exact) mass is 413 g/mol. The standard InChI is InChI=1S/C28H19N3O/c1-18-29-27(21-11-7-10-20(16-21)19-8-3-2-4-9-19)31-28(30-18)22-14-15-26-24(17-22)23-12-5-6-13-25(23)32-26/h2-17H,1H3. The van der Waals surface area contributed by atoms with E-state index in [0.717, 1.165) is 44.2 Å². The average molecular weight is 413 g/mol. The molecule has 0 bridgehead atoms. The number of nitrogens with zero attached hydrogens (tertiary/aromatic N) is 3. The zero-order valence-corrected chi connectivity index (χ0v) is 17.5. The first-order valence-corrected chi connectivity index (χ1v) is 10.5. The van der Waals surface area contributed by atoms with Crippen LogP contribution < -0.4 is 0 Å². The molecule has 0 saturated heterocycles. The van der Waals surface area contributed by atoms with Crippen molar-refractivity contribution < 1.29 is 4.42 Å². The predicted octanol–water partition coefficient (Wildman–Crippen LogP) is 7.08. The van der Waals surface area contributed by atoms with Crippen molar-refractivity contribution >= 4 is 21.9 Å². The fourth-order valence-electron chi connectivity index (χ4n) is 4.07. The first-order chi connectivity index (χ1) is 15.7. The predicted molar refractivity (Wildman–Crippen MR) is 128 cm³/mol. The van der Waals surface area contributed by atoms with Crippen LogP contribution in [0, 0.1) is 6.92 Å². The van der Waals surface area contributed by atoms with Crippen LogP contribution in [0.5, 0.6) is 0 Å². The lowest BCUT2D eigenvalue weighted by Gasteiger charge is -2.08. The number of hydrogen-bond acceptors (Lipinski definition) is 4. The van der Waals surface area contributed by atoms with Crippen LogP contribution in [-0.2, 0) is 0 Å². The number of benzene rings is 4. The number of aromatic nitrogens is 3. The zero-order valence-electron chi connectivity index (χ0n) is 17.5. The van der Waals surface area contributed by atoms with Crippen LogP contribution in [0.1, 0.15) is 5.82 Å². The summed E-state index contributed by atoms with van der Waals surface area (Å²) in [7, 11) is 0. The van der Waals surface area contributed by atoms with Gasteiger partial charge >= 0.3 is 0 Å². The molecule has 152 valence electrons. The molecule has 0 N–H and O–H groups in total. The first kappa shape index (κ1) is 18.5. The molecule has 2 heterocycles. The lowest BCUT2D eigenvalue weighted by molar-refractivity contribution is 0.669. The van der Waals surface area contributed by atoms with Gasteiger partial charge in [-0.05, 0) is 48.4 Å². The van der Waals surface area contributed by atoms with Crippen LogP contribution in [0.2, 0.25) is 0 Å². The first-order valence-electron chi connectivity index (χ1n) is 10.5. The average Bonchev–Trinajstić information content (AvgIpc) is 3.22.